The van der Waals surface area contributed by atoms with Gasteiger partial charge in [-0.15, -0.1) is 11.3 Å². The van der Waals surface area contributed by atoms with Crippen molar-refractivity contribution in [3.05, 3.63) is 15.6 Å². The number of aromatic nitrogens is 1. The van der Waals surface area contributed by atoms with Crippen LogP contribution in [0.4, 0.5) is 0 Å². The number of nitrogens with one attached hydrogen (secondary N) is 1. The largest absolute Gasteiger partial charge is 0.381 e. The van der Waals surface area contributed by atoms with E-state index in [0.717, 1.165) is 44.0 Å². The maximum atomic E-state index is 5.87. The number of thiazole rings is 1. The van der Waals surface area contributed by atoms with Gasteiger partial charge in [-0.1, -0.05) is 6.92 Å². The number of aryl methyl sites for hydroxylation is 1. The van der Waals surface area contributed by atoms with Gasteiger partial charge in [0.2, 0.25) is 0 Å². The van der Waals surface area contributed by atoms with Crippen molar-refractivity contribution in [3.63, 3.8) is 0 Å². The Labute approximate surface area is 132 Å². The van der Waals surface area contributed by atoms with Gasteiger partial charge in [0, 0.05) is 50.1 Å². The first-order valence-corrected chi connectivity index (χ1v) is 8.59. The average molecular weight is 312 g/mol. The normalized spacial score (nSPS) is 18.9. The molecule has 0 aliphatic carbocycles. The molecule has 1 aliphatic heterocycles. The molecule has 2 heterocycles. The van der Waals surface area contributed by atoms with E-state index in [0.29, 0.717) is 0 Å². The smallest absolute Gasteiger partial charge is 0.125 e. The molecule has 0 radical (unpaired) electrons. The zero-order chi connectivity index (χ0) is 15.5. The summed E-state index contributed by atoms with van der Waals surface area (Å²) in [7, 11) is 1.80. The van der Waals surface area contributed by atoms with E-state index in [2.05, 4.69) is 33.0 Å². The summed E-state index contributed by atoms with van der Waals surface area (Å²) < 4.78 is 11.4. The lowest BCUT2D eigenvalue weighted by atomic mass is 9.95. The zero-order valence-corrected chi connectivity index (χ0v) is 14.7. The maximum absolute atomic E-state index is 5.87. The third-order valence-corrected chi connectivity index (χ3v) is 5.26. The number of hydrogen-bond acceptors (Lipinski definition) is 5. The fourth-order valence-corrected chi connectivity index (χ4v) is 3.86. The molecule has 0 aromatic carbocycles. The van der Waals surface area contributed by atoms with Crippen molar-refractivity contribution in [2.75, 3.05) is 20.3 Å². The molecule has 4 nitrogen and oxygen atoms in total. The molecule has 1 aromatic heterocycles. The second-order valence-electron chi connectivity index (χ2n) is 6.66. The molecule has 5 heteroatoms. The molecule has 120 valence electrons. The summed E-state index contributed by atoms with van der Waals surface area (Å²) in [6, 6.07) is 0. The Morgan fingerprint density at radius 1 is 1.33 bits per heavy atom. The van der Waals surface area contributed by atoms with Gasteiger partial charge in [0.05, 0.1) is 5.69 Å². The van der Waals surface area contributed by atoms with Crippen molar-refractivity contribution in [1.82, 2.24) is 10.3 Å². The van der Waals surface area contributed by atoms with Gasteiger partial charge in [0.1, 0.15) is 10.6 Å². The highest BCUT2D eigenvalue weighted by atomic mass is 32.1. The predicted octanol–water partition coefficient (Wildman–Crippen LogP) is 3.25. The molecule has 1 fully saturated rings. The minimum atomic E-state index is -0.243. The third-order valence-electron chi connectivity index (χ3n) is 3.97. The topological polar surface area (TPSA) is 43.4 Å². The number of ether oxygens (including phenoxy) is 2. The van der Waals surface area contributed by atoms with Crippen LogP contribution in [-0.2, 0) is 28.0 Å². The molecule has 21 heavy (non-hydrogen) atoms. The van der Waals surface area contributed by atoms with Gasteiger partial charge in [-0.25, -0.2) is 4.98 Å². The van der Waals surface area contributed by atoms with Crippen molar-refractivity contribution in [2.45, 2.75) is 64.6 Å². The molecular formula is C16H28N2O2S. The molecule has 1 N–H and O–H groups in total. The van der Waals surface area contributed by atoms with Crippen LogP contribution in [0, 0.1) is 0 Å². The highest BCUT2D eigenvalue weighted by Gasteiger charge is 2.38. The summed E-state index contributed by atoms with van der Waals surface area (Å²) in [5.41, 5.74) is 1.08. The van der Waals surface area contributed by atoms with Crippen molar-refractivity contribution < 1.29 is 9.47 Å². The van der Waals surface area contributed by atoms with Crippen LogP contribution in [0.5, 0.6) is 0 Å². The fraction of sp³-hybridized carbons (Fsp3) is 0.812. The van der Waals surface area contributed by atoms with Crippen LogP contribution >= 0.6 is 11.3 Å². The monoisotopic (exact) mass is 312 g/mol. The molecule has 0 spiro atoms. The van der Waals surface area contributed by atoms with E-state index < -0.39 is 0 Å². The minimum absolute atomic E-state index is 0.118. The fourth-order valence-electron chi connectivity index (χ4n) is 2.54. The van der Waals surface area contributed by atoms with Crippen LogP contribution < -0.4 is 5.32 Å². The summed E-state index contributed by atoms with van der Waals surface area (Å²) in [5.74, 6) is 0. The van der Waals surface area contributed by atoms with Crippen molar-refractivity contribution in [1.29, 1.82) is 0 Å². The van der Waals surface area contributed by atoms with E-state index in [4.69, 9.17) is 14.5 Å². The van der Waals surface area contributed by atoms with Crippen molar-refractivity contribution >= 4 is 11.3 Å². The Morgan fingerprint density at radius 2 is 2.00 bits per heavy atom. The molecule has 1 aliphatic rings. The molecule has 0 atom stereocenters. The summed E-state index contributed by atoms with van der Waals surface area (Å²) in [5, 5.41) is 4.69. The molecule has 1 saturated heterocycles. The lowest BCUT2D eigenvalue weighted by Gasteiger charge is -2.33. The number of rotatable bonds is 5. The summed E-state index contributed by atoms with van der Waals surface area (Å²) in [6.45, 7) is 11.1. The lowest BCUT2D eigenvalue weighted by molar-refractivity contribution is -0.0948. The molecule has 0 saturated carbocycles. The van der Waals surface area contributed by atoms with E-state index in [1.807, 2.05) is 0 Å². The first-order valence-electron chi connectivity index (χ1n) is 7.77. The van der Waals surface area contributed by atoms with Gasteiger partial charge in [-0.3, -0.25) is 0 Å². The van der Waals surface area contributed by atoms with E-state index in [1.54, 1.807) is 18.4 Å². The van der Waals surface area contributed by atoms with Crippen molar-refractivity contribution in [3.8, 4) is 0 Å². The average Bonchev–Trinajstić information content (AvgIpc) is 2.89. The number of methoxy groups -OCH3 is 1. The number of nitrogens with zero attached hydrogens (tertiary/aromatic N) is 1. The highest BCUT2D eigenvalue weighted by Crippen LogP contribution is 2.39. The zero-order valence-electron chi connectivity index (χ0n) is 13.9. The molecular weight excluding hydrogens is 284 g/mol. The predicted molar refractivity (Wildman–Crippen MR) is 86.8 cm³/mol. The third kappa shape index (κ3) is 4.03. The summed E-state index contributed by atoms with van der Waals surface area (Å²) in [6.07, 6.45) is 2.76. The van der Waals surface area contributed by atoms with Crippen LogP contribution in [0.3, 0.4) is 0 Å². The first-order chi connectivity index (χ1) is 9.90. The molecule has 0 unspecified atom stereocenters. The summed E-state index contributed by atoms with van der Waals surface area (Å²) >= 11 is 1.80. The van der Waals surface area contributed by atoms with Crippen LogP contribution in [0.1, 0.15) is 56.1 Å². The maximum Gasteiger partial charge on any atom is 0.125 e. The molecule has 0 bridgehead atoms. The van der Waals surface area contributed by atoms with E-state index in [-0.39, 0.29) is 11.1 Å². The van der Waals surface area contributed by atoms with E-state index >= 15 is 0 Å². The van der Waals surface area contributed by atoms with E-state index in [1.165, 1.54) is 10.6 Å². The Kier molecular flexibility index (Phi) is 5.41. The Balaban J connectivity index is 2.22. The SMILES string of the molecule is CCc1nc(C2(OC)CCOCC2)sc1CNC(C)(C)C. The minimum Gasteiger partial charge on any atom is -0.381 e. The molecule has 2 rings (SSSR count). The summed E-state index contributed by atoms with van der Waals surface area (Å²) in [4.78, 5) is 6.23. The second kappa shape index (κ2) is 6.73. The number of hydrogen-bond donors (Lipinski definition) is 1. The first kappa shape index (κ1) is 16.9. The standard InChI is InChI=1S/C16H28N2O2S/c1-6-12-13(11-17-15(2,3)4)21-14(18-12)16(19-5)7-9-20-10-8-16/h17H,6-11H2,1-5H3. The molecule has 0 amide bonds. The Hall–Kier alpha value is -0.490. The van der Waals surface area contributed by atoms with Crippen LogP contribution in [0.25, 0.3) is 0 Å². The van der Waals surface area contributed by atoms with Crippen LogP contribution in [-0.4, -0.2) is 30.8 Å². The highest BCUT2D eigenvalue weighted by molar-refractivity contribution is 7.11. The Bertz CT molecular complexity index is 459. The van der Waals surface area contributed by atoms with Crippen LogP contribution in [0.2, 0.25) is 0 Å². The van der Waals surface area contributed by atoms with Crippen molar-refractivity contribution in [2.24, 2.45) is 0 Å². The van der Waals surface area contributed by atoms with Gasteiger partial charge in [0.15, 0.2) is 0 Å². The lowest BCUT2D eigenvalue weighted by Crippen LogP contribution is -2.35. The Morgan fingerprint density at radius 3 is 2.52 bits per heavy atom. The van der Waals surface area contributed by atoms with Gasteiger partial charge in [-0.2, -0.15) is 0 Å². The van der Waals surface area contributed by atoms with Gasteiger partial charge in [0.25, 0.3) is 0 Å². The van der Waals surface area contributed by atoms with Gasteiger partial charge in [-0.05, 0) is 27.2 Å². The second-order valence-corrected chi connectivity index (χ2v) is 7.74. The van der Waals surface area contributed by atoms with Gasteiger partial charge < -0.3 is 14.8 Å². The van der Waals surface area contributed by atoms with E-state index in [9.17, 15) is 0 Å². The van der Waals surface area contributed by atoms with Gasteiger partial charge >= 0.3 is 0 Å². The molecule has 1 aromatic rings. The quantitative estimate of drug-likeness (QED) is 0.906. The van der Waals surface area contributed by atoms with Crippen LogP contribution in [0.15, 0.2) is 0 Å².